The highest BCUT2D eigenvalue weighted by Gasteiger charge is 2.41. The average molecular weight is 589 g/mol. The van der Waals surface area contributed by atoms with Crippen molar-refractivity contribution in [1.82, 2.24) is 19.8 Å². The first-order valence-corrected chi connectivity index (χ1v) is 13.8. The number of halogens is 1. The fraction of sp³-hybridized carbons (Fsp3) is 0.233. The van der Waals surface area contributed by atoms with E-state index in [2.05, 4.69) is 85.2 Å². The molecule has 0 unspecified atom stereocenters. The van der Waals surface area contributed by atoms with Crippen LogP contribution in [0.3, 0.4) is 0 Å². The van der Waals surface area contributed by atoms with Crippen molar-refractivity contribution in [1.29, 1.82) is 0 Å². The molecule has 6 nitrogen and oxygen atoms in total. The van der Waals surface area contributed by atoms with Gasteiger partial charge in [-0.1, -0.05) is 39.7 Å². The van der Waals surface area contributed by atoms with Gasteiger partial charge in [0.25, 0.3) is 0 Å². The third-order valence-electron chi connectivity index (χ3n) is 6.99. The van der Waals surface area contributed by atoms with Gasteiger partial charge in [0.15, 0.2) is 5.11 Å². The molecule has 0 saturated carbocycles. The van der Waals surface area contributed by atoms with Crippen molar-refractivity contribution < 1.29 is 4.79 Å². The number of benzene rings is 2. The van der Waals surface area contributed by atoms with Crippen LogP contribution >= 0.6 is 28.1 Å². The third kappa shape index (κ3) is 5.37. The highest BCUT2D eigenvalue weighted by Crippen LogP contribution is 2.41. The van der Waals surface area contributed by atoms with Gasteiger partial charge in [-0.15, -0.1) is 0 Å². The van der Waals surface area contributed by atoms with E-state index in [1.807, 2.05) is 49.4 Å². The van der Waals surface area contributed by atoms with Crippen LogP contribution in [0.2, 0.25) is 0 Å². The Morgan fingerprint density at radius 3 is 2.47 bits per heavy atom. The zero-order chi connectivity index (χ0) is 26.8. The molecule has 2 atom stereocenters. The number of hydrogen-bond acceptors (Lipinski definition) is 3. The first-order chi connectivity index (χ1) is 18.3. The van der Waals surface area contributed by atoms with Gasteiger partial charge in [-0.3, -0.25) is 9.78 Å². The fourth-order valence-corrected chi connectivity index (χ4v) is 5.74. The number of thiocarbonyl (C=S) groups is 1. The zero-order valence-corrected chi connectivity index (χ0v) is 24.0. The number of anilines is 1. The van der Waals surface area contributed by atoms with E-state index in [1.54, 1.807) is 6.20 Å². The van der Waals surface area contributed by atoms with Gasteiger partial charge < -0.3 is 20.1 Å². The number of carbonyl (C=O) groups is 1. The second kappa shape index (κ2) is 11.1. The molecule has 1 saturated heterocycles. The van der Waals surface area contributed by atoms with Crippen molar-refractivity contribution in [3.63, 3.8) is 0 Å². The second-order valence-electron chi connectivity index (χ2n) is 9.62. The molecule has 0 bridgehead atoms. The molecule has 194 valence electrons. The summed E-state index contributed by atoms with van der Waals surface area (Å²) >= 11 is 9.36. The monoisotopic (exact) mass is 587 g/mol. The lowest BCUT2D eigenvalue weighted by molar-refractivity contribution is -0.116. The molecule has 0 radical (unpaired) electrons. The van der Waals surface area contributed by atoms with Crippen LogP contribution < -0.4 is 10.6 Å². The van der Waals surface area contributed by atoms with Crippen molar-refractivity contribution in [3.05, 3.63) is 112 Å². The molecular weight excluding hydrogens is 558 g/mol. The van der Waals surface area contributed by atoms with Gasteiger partial charge >= 0.3 is 0 Å². The summed E-state index contributed by atoms with van der Waals surface area (Å²) in [4.78, 5) is 19.7. The van der Waals surface area contributed by atoms with Crippen LogP contribution in [0.15, 0.2) is 83.5 Å². The van der Waals surface area contributed by atoms with E-state index in [9.17, 15) is 4.79 Å². The maximum absolute atomic E-state index is 12.9. The van der Waals surface area contributed by atoms with Gasteiger partial charge in [-0.25, -0.2) is 0 Å². The average Bonchev–Trinajstić information content (AvgIpc) is 3.39. The number of carbonyl (C=O) groups excluding carboxylic acids is 1. The first kappa shape index (κ1) is 26.1. The van der Waals surface area contributed by atoms with E-state index in [4.69, 9.17) is 12.2 Å². The molecular formula is C30H30BrN5OS. The lowest BCUT2D eigenvalue weighted by Gasteiger charge is -2.28. The van der Waals surface area contributed by atoms with Crippen molar-refractivity contribution in [2.45, 2.75) is 39.3 Å². The topological polar surface area (TPSA) is 62.2 Å². The van der Waals surface area contributed by atoms with Gasteiger partial charge in [0, 0.05) is 46.4 Å². The van der Waals surface area contributed by atoms with E-state index >= 15 is 0 Å². The quantitative estimate of drug-likeness (QED) is 0.240. The van der Waals surface area contributed by atoms with Gasteiger partial charge in [0.1, 0.15) is 0 Å². The van der Waals surface area contributed by atoms with E-state index in [0.717, 1.165) is 44.1 Å². The third-order valence-corrected chi connectivity index (χ3v) is 7.87. The van der Waals surface area contributed by atoms with Gasteiger partial charge in [-0.05, 0) is 93.1 Å². The number of aromatic nitrogens is 2. The summed E-state index contributed by atoms with van der Waals surface area (Å²) in [7, 11) is 0. The molecule has 0 aliphatic carbocycles. The second-order valence-corrected chi connectivity index (χ2v) is 10.9. The van der Waals surface area contributed by atoms with Gasteiger partial charge in [0.2, 0.25) is 5.91 Å². The van der Waals surface area contributed by atoms with E-state index in [0.29, 0.717) is 18.1 Å². The predicted molar refractivity (Wildman–Crippen MR) is 160 cm³/mol. The number of aryl methyl sites for hydroxylation is 2. The first-order valence-electron chi connectivity index (χ1n) is 12.6. The molecule has 38 heavy (non-hydrogen) atoms. The van der Waals surface area contributed by atoms with E-state index < -0.39 is 0 Å². The number of nitrogens with one attached hydrogen (secondary N) is 2. The summed E-state index contributed by atoms with van der Waals surface area (Å²) in [6.45, 7) is 6.77. The Kier molecular flexibility index (Phi) is 7.63. The standard InChI is InChI=1S/C30H30BrN5OS/c1-19-7-11-23(12-8-19)33-27(37)15-17-35-29(28(34-30(35)38)26-6-4-5-16-32-26)25-18-20(2)36(21(25)3)24-13-9-22(31)10-14-24/h4-14,16,18,28-29H,15,17H2,1-3H3,(H,33,37)(H,34,38)/t28-,29+/m0/s1. The Morgan fingerprint density at radius 1 is 1.05 bits per heavy atom. The fourth-order valence-electron chi connectivity index (χ4n) is 5.14. The molecule has 1 amide bonds. The van der Waals surface area contributed by atoms with E-state index in [1.165, 1.54) is 0 Å². The molecule has 1 aliphatic rings. The molecule has 1 aliphatic heterocycles. The van der Waals surface area contributed by atoms with Crippen LogP contribution in [0.1, 0.15) is 46.7 Å². The summed E-state index contributed by atoms with van der Waals surface area (Å²) < 4.78 is 3.31. The Labute approximate surface area is 237 Å². The molecule has 4 aromatic rings. The molecule has 1 fully saturated rings. The van der Waals surface area contributed by atoms with Crippen LogP contribution in [-0.2, 0) is 4.79 Å². The molecule has 2 aromatic carbocycles. The minimum absolute atomic E-state index is 0.0444. The highest BCUT2D eigenvalue weighted by atomic mass is 79.9. The van der Waals surface area contributed by atoms with Gasteiger partial charge in [-0.2, -0.15) is 0 Å². The predicted octanol–water partition coefficient (Wildman–Crippen LogP) is 6.56. The molecule has 0 spiro atoms. The Bertz CT molecular complexity index is 1450. The molecule has 5 rings (SSSR count). The summed E-state index contributed by atoms with van der Waals surface area (Å²) in [6, 6.07) is 24.1. The molecule has 8 heteroatoms. The smallest absolute Gasteiger partial charge is 0.226 e. The van der Waals surface area contributed by atoms with Crippen LogP contribution in [0.25, 0.3) is 5.69 Å². The minimum atomic E-state index is -0.136. The normalized spacial score (nSPS) is 16.9. The molecule has 2 aromatic heterocycles. The van der Waals surface area contributed by atoms with Crippen LogP contribution in [-0.4, -0.2) is 32.0 Å². The summed E-state index contributed by atoms with van der Waals surface area (Å²) in [5, 5.41) is 7.13. The van der Waals surface area contributed by atoms with Crippen molar-refractivity contribution in [3.8, 4) is 5.69 Å². The van der Waals surface area contributed by atoms with Crippen molar-refractivity contribution >= 4 is 44.9 Å². The van der Waals surface area contributed by atoms with Crippen LogP contribution in [0, 0.1) is 20.8 Å². The minimum Gasteiger partial charge on any atom is -0.352 e. The summed E-state index contributed by atoms with van der Waals surface area (Å²) in [5.74, 6) is -0.0444. The zero-order valence-electron chi connectivity index (χ0n) is 21.6. The lowest BCUT2D eigenvalue weighted by atomic mass is 9.96. The number of hydrogen-bond donors (Lipinski definition) is 2. The van der Waals surface area contributed by atoms with Crippen molar-refractivity contribution in [2.75, 3.05) is 11.9 Å². The maximum Gasteiger partial charge on any atom is 0.226 e. The van der Waals surface area contributed by atoms with Crippen LogP contribution in [0.5, 0.6) is 0 Å². The summed E-state index contributed by atoms with van der Waals surface area (Å²) in [6.07, 6.45) is 2.12. The van der Waals surface area contributed by atoms with Gasteiger partial charge in [0.05, 0.1) is 17.8 Å². The highest BCUT2D eigenvalue weighted by molar-refractivity contribution is 9.10. The lowest BCUT2D eigenvalue weighted by Crippen LogP contribution is -2.32. The Morgan fingerprint density at radius 2 is 1.79 bits per heavy atom. The van der Waals surface area contributed by atoms with E-state index in [-0.39, 0.29) is 18.0 Å². The van der Waals surface area contributed by atoms with Crippen molar-refractivity contribution in [2.24, 2.45) is 0 Å². The SMILES string of the molecule is Cc1ccc(NC(=O)CCN2C(=S)N[C@@H](c3ccccn3)[C@H]2c2cc(C)n(-c3ccc(Br)cc3)c2C)cc1. The molecule has 3 heterocycles. The Balaban J connectivity index is 1.46. The Hall–Kier alpha value is -3.49. The largest absolute Gasteiger partial charge is 0.352 e. The number of rotatable bonds is 7. The summed E-state index contributed by atoms with van der Waals surface area (Å²) in [5.41, 5.74) is 7.39. The van der Waals surface area contributed by atoms with Crippen LogP contribution in [0.4, 0.5) is 5.69 Å². The maximum atomic E-state index is 12.9. The molecule has 2 N–H and O–H groups in total. The number of amides is 1. The number of nitrogens with zero attached hydrogens (tertiary/aromatic N) is 3. The number of pyridine rings is 1.